The molecule has 0 aliphatic heterocycles. The molecule has 2 rings (SSSR count). The van der Waals surface area contributed by atoms with Crippen LogP contribution in [0.5, 0.6) is 0 Å². The van der Waals surface area contributed by atoms with Crippen molar-refractivity contribution in [3.05, 3.63) is 0 Å². The first-order chi connectivity index (χ1) is 6.25. The van der Waals surface area contributed by atoms with Gasteiger partial charge in [0.25, 0.3) is 0 Å². The first-order valence-corrected chi connectivity index (χ1v) is 4.85. The van der Waals surface area contributed by atoms with Gasteiger partial charge in [-0.3, -0.25) is 0 Å². The lowest BCUT2D eigenvalue weighted by molar-refractivity contribution is 0.241. The van der Waals surface area contributed by atoms with Crippen LogP contribution >= 0.6 is 0 Å². The van der Waals surface area contributed by atoms with Gasteiger partial charge in [-0.25, -0.2) is 10.2 Å². The van der Waals surface area contributed by atoms with E-state index in [0.29, 0.717) is 12.0 Å². The number of nitrogens with one attached hydrogen (secondary N) is 2. The number of carbonyl (C=O) groups excluding carboxylic acids is 1. The van der Waals surface area contributed by atoms with Crippen molar-refractivity contribution in [1.29, 1.82) is 0 Å². The van der Waals surface area contributed by atoms with Crippen LogP contribution in [0.1, 0.15) is 26.2 Å². The normalized spacial score (nSPS) is 31.8. The summed E-state index contributed by atoms with van der Waals surface area (Å²) in [6.07, 6.45) is 5.25. The third-order valence-electron chi connectivity index (χ3n) is 2.52. The first-order valence-electron chi connectivity index (χ1n) is 4.85. The largest absolute Gasteiger partial charge is 0.335 e. The standard InChI is InChI=1S/C9H15N3O/c1-6-4-7(6)5-10-12-9(13)11-8-2-3-8/h5-8H,2-4H2,1H3,(H2,11,12,13)/b10-5+. The highest BCUT2D eigenvalue weighted by atomic mass is 16.2. The molecule has 0 aromatic heterocycles. The van der Waals surface area contributed by atoms with Crippen molar-refractivity contribution >= 4 is 12.2 Å². The third kappa shape index (κ3) is 2.72. The molecule has 4 heteroatoms. The molecule has 2 N–H and O–H groups in total. The Hall–Kier alpha value is -1.06. The van der Waals surface area contributed by atoms with E-state index >= 15 is 0 Å². The van der Waals surface area contributed by atoms with E-state index in [1.54, 1.807) is 0 Å². The molecule has 4 nitrogen and oxygen atoms in total. The van der Waals surface area contributed by atoms with E-state index in [9.17, 15) is 4.79 Å². The second-order valence-corrected chi connectivity index (χ2v) is 4.01. The topological polar surface area (TPSA) is 53.5 Å². The Morgan fingerprint density at radius 2 is 2.23 bits per heavy atom. The number of urea groups is 1. The molecule has 2 saturated carbocycles. The molecule has 2 aliphatic carbocycles. The molecule has 0 heterocycles. The average Bonchev–Trinajstić information content (AvgIpc) is 2.93. The van der Waals surface area contributed by atoms with Crippen LogP contribution in [0.15, 0.2) is 5.10 Å². The molecule has 2 unspecified atom stereocenters. The molecule has 0 spiro atoms. The number of carbonyl (C=O) groups is 1. The maximum absolute atomic E-state index is 11.0. The van der Waals surface area contributed by atoms with Gasteiger partial charge >= 0.3 is 6.03 Å². The lowest BCUT2D eigenvalue weighted by Crippen LogP contribution is -2.33. The SMILES string of the molecule is CC1CC1/C=N/NC(=O)NC1CC1. The molecule has 0 radical (unpaired) electrons. The Morgan fingerprint density at radius 3 is 2.77 bits per heavy atom. The van der Waals surface area contributed by atoms with E-state index in [4.69, 9.17) is 0 Å². The molecule has 72 valence electrons. The molecule has 13 heavy (non-hydrogen) atoms. The molecule has 2 aliphatic rings. The summed E-state index contributed by atoms with van der Waals surface area (Å²) in [5.74, 6) is 1.33. The summed E-state index contributed by atoms with van der Waals surface area (Å²) in [4.78, 5) is 11.0. The van der Waals surface area contributed by atoms with Crippen LogP contribution in [0, 0.1) is 11.8 Å². The smallest absolute Gasteiger partial charge is 0.334 e. The summed E-state index contributed by atoms with van der Waals surface area (Å²) < 4.78 is 0. The first kappa shape index (κ1) is 8.53. The minimum absolute atomic E-state index is 0.174. The van der Waals surface area contributed by atoms with Gasteiger partial charge in [-0.15, -0.1) is 0 Å². The Labute approximate surface area is 77.8 Å². The van der Waals surface area contributed by atoms with Crippen LogP contribution in [-0.2, 0) is 0 Å². The summed E-state index contributed by atoms with van der Waals surface area (Å²) >= 11 is 0. The number of hydrogen-bond donors (Lipinski definition) is 2. The summed E-state index contributed by atoms with van der Waals surface area (Å²) in [6.45, 7) is 2.18. The van der Waals surface area contributed by atoms with Crippen molar-refractivity contribution in [2.24, 2.45) is 16.9 Å². The summed E-state index contributed by atoms with van der Waals surface area (Å²) in [5.41, 5.74) is 2.47. The van der Waals surface area contributed by atoms with Crippen molar-refractivity contribution in [2.45, 2.75) is 32.2 Å². The third-order valence-corrected chi connectivity index (χ3v) is 2.52. The fraction of sp³-hybridized carbons (Fsp3) is 0.778. The quantitative estimate of drug-likeness (QED) is 0.497. The van der Waals surface area contributed by atoms with Crippen molar-refractivity contribution in [3.8, 4) is 0 Å². The molecular formula is C9H15N3O. The fourth-order valence-corrected chi connectivity index (χ4v) is 1.20. The van der Waals surface area contributed by atoms with Gasteiger partial charge in [0.05, 0.1) is 0 Å². The second kappa shape index (κ2) is 3.36. The molecule has 2 atom stereocenters. The number of amides is 2. The van der Waals surface area contributed by atoms with Crippen LogP contribution < -0.4 is 10.7 Å². The van der Waals surface area contributed by atoms with Gasteiger partial charge in [-0.2, -0.15) is 5.10 Å². The minimum Gasteiger partial charge on any atom is -0.334 e. The number of hydrazone groups is 1. The van der Waals surface area contributed by atoms with E-state index in [0.717, 1.165) is 18.8 Å². The molecule has 0 aromatic carbocycles. The Bertz CT molecular complexity index is 235. The van der Waals surface area contributed by atoms with Crippen LogP contribution in [0.2, 0.25) is 0 Å². The summed E-state index contributed by atoms with van der Waals surface area (Å²) in [5, 5.41) is 6.67. The van der Waals surface area contributed by atoms with E-state index in [-0.39, 0.29) is 6.03 Å². The number of nitrogens with zero attached hydrogens (tertiary/aromatic N) is 1. The number of hydrogen-bond acceptors (Lipinski definition) is 2. The molecule has 2 fully saturated rings. The van der Waals surface area contributed by atoms with Crippen molar-refractivity contribution in [3.63, 3.8) is 0 Å². The van der Waals surface area contributed by atoms with Crippen LogP contribution in [0.25, 0.3) is 0 Å². The average molecular weight is 181 g/mol. The molecular weight excluding hydrogens is 166 g/mol. The Balaban J connectivity index is 1.60. The maximum atomic E-state index is 11.0. The zero-order valence-electron chi connectivity index (χ0n) is 7.79. The van der Waals surface area contributed by atoms with Gasteiger partial charge in [0.15, 0.2) is 0 Å². The molecule has 0 aromatic rings. The van der Waals surface area contributed by atoms with E-state index in [1.807, 2.05) is 6.21 Å². The monoisotopic (exact) mass is 181 g/mol. The lowest BCUT2D eigenvalue weighted by atomic mass is 10.4. The van der Waals surface area contributed by atoms with Crippen LogP contribution in [0.4, 0.5) is 4.79 Å². The predicted molar refractivity (Wildman–Crippen MR) is 50.5 cm³/mol. The van der Waals surface area contributed by atoms with Gasteiger partial charge < -0.3 is 5.32 Å². The van der Waals surface area contributed by atoms with E-state index in [1.165, 1.54) is 6.42 Å². The minimum atomic E-state index is -0.174. The molecule has 2 amide bonds. The second-order valence-electron chi connectivity index (χ2n) is 4.01. The van der Waals surface area contributed by atoms with Crippen molar-refractivity contribution in [2.75, 3.05) is 0 Å². The predicted octanol–water partition coefficient (Wildman–Crippen LogP) is 1.09. The van der Waals surface area contributed by atoms with Crippen LogP contribution in [-0.4, -0.2) is 18.3 Å². The van der Waals surface area contributed by atoms with Gasteiger partial charge in [0, 0.05) is 12.3 Å². The van der Waals surface area contributed by atoms with Crippen LogP contribution in [0.3, 0.4) is 0 Å². The Morgan fingerprint density at radius 1 is 1.54 bits per heavy atom. The molecule has 0 saturated heterocycles. The highest BCUT2D eigenvalue weighted by molar-refractivity contribution is 5.76. The summed E-state index contributed by atoms with van der Waals surface area (Å²) in [7, 11) is 0. The van der Waals surface area contributed by atoms with Crippen molar-refractivity contribution in [1.82, 2.24) is 10.7 Å². The highest BCUT2D eigenvalue weighted by Crippen LogP contribution is 2.35. The van der Waals surface area contributed by atoms with E-state index < -0.39 is 0 Å². The van der Waals surface area contributed by atoms with Crippen molar-refractivity contribution < 1.29 is 4.79 Å². The lowest BCUT2D eigenvalue weighted by Gasteiger charge is -1.99. The number of rotatable bonds is 3. The molecule has 0 bridgehead atoms. The highest BCUT2D eigenvalue weighted by Gasteiger charge is 2.30. The van der Waals surface area contributed by atoms with Gasteiger partial charge in [0.2, 0.25) is 0 Å². The fourth-order valence-electron chi connectivity index (χ4n) is 1.20. The zero-order chi connectivity index (χ0) is 9.26. The Kier molecular flexibility index (Phi) is 2.20. The van der Waals surface area contributed by atoms with Gasteiger partial charge in [-0.05, 0) is 31.1 Å². The van der Waals surface area contributed by atoms with Gasteiger partial charge in [-0.1, -0.05) is 6.92 Å². The maximum Gasteiger partial charge on any atom is 0.335 e. The zero-order valence-corrected chi connectivity index (χ0v) is 7.79. The van der Waals surface area contributed by atoms with E-state index in [2.05, 4.69) is 22.8 Å². The summed E-state index contributed by atoms with van der Waals surface area (Å²) in [6, 6.07) is 0.224. The van der Waals surface area contributed by atoms with Gasteiger partial charge in [0.1, 0.15) is 0 Å².